The molecule has 164 valence electrons. The van der Waals surface area contributed by atoms with E-state index in [9.17, 15) is 9.59 Å². The first-order valence-electron chi connectivity index (χ1n) is 10.3. The molecular weight excluding hydrogens is 388 g/mol. The van der Waals surface area contributed by atoms with Crippen molar-refractivity contribution in [2.24, 2.45) is 11.8 Å². The number of carbonyl (C=O) groups is 2. The van der Waals surface area contributed by atoms with E-state index in [4.69, 9.17) is 14.2 Å². The van der Waals surface area contributed by atoms with Crippen LogP contribution in [0.25, 0.3) is 11.0 Å². The molecule has 0 radical (unpaired) electrons. The molecule has 1 aliphatic rings. The van der Waals surface area contributed by atoms with Crippen molar-refractivity contribution in [2.45, 2.75) is 59.8 Å². The van der Waals surface area contributed by atoms with Crippen LogP contribution in [-0.2, 0) is 19.1 Å². The van der Waals surface area contributed by atoms with Crippen LogP contribution in [0, 0.1) is 18.8 Å². The first-order valence-corrected chi connectivity index (χ1v) is 10.3. The first kappa shape index (κ1) is 22.0. The Balaban J connectivity index is 1.85. The van der Waals surface area contributed by atoms with Crippen LogP contribution in [-0.4, -0.2) is 46.2 Å². The number of anilines is 1. The summed E-state index contributed by atoms with van der Waals surface area (Å²) in [4.78, 5) is 32.7. The van der Waals surface area contributed by atoms with Crippen molar-refractivity contribution in [1.82, 2.24) is 14.5 Å². The van der Waals surface area contributed by atoms with Gasteiger partial charge >= 0.3 is 5.97 Å². The van der Waals surface area contributed by atoms with Gasteiger partial charge in [-0.2, -0.15) is 9.97 Å². The third kappa shape index (κ3) is 4.56. The van der Waals surface area contributed by atoms with Crippen LogP contribution in [0.3, 0.4) is 0 Å². The molecule has 1 amide bonds. The van der Waals surface area contributed by atoms with E-state index in [0.717, 1.165) is 23.8 Å². The van der Waals surface area contributed by atoms with Gasteiger partial charge in [-0.3, -0.25) is 14.9 Å². The minimum atomic E-state index is -0.253. The summed E-state index contributed by atoms with van der Waals surface area (Å²) in [7, 11) is 1.54. The molecule has 2 aromatic rings. The second-order valence-corrected chi connectivity index (χ2v) is 8.19. The van der Waals surface area contributed by atoms with Gasteiger partial charge in [0.25, 0.3) is 0 Å². The van der Waals surface area contributed by atoms with Crippen molar-refractivity contribution in [1.29, 1.82) is 0 Å². The highest BCUT2D eigenvalue weighted by atomic mass is 16.6. The van der Waals surface area contributed by atoms with Crippen molar-refractivity contribution >= 4 is 28.9 Å². The number of nitrogens with one attached hydrogen (secondary N) is 1. The smallest absolute Gasteiger partial charge is 0.308 e. The molecule has 1 aliphatic heterocycles. The minimum Gasteiger partial charge on any atom is -0.480 e. The molecule has 0 bridgehead atoms. The van der Waals surface area contributed by atoms with Gasteiger partial charge in [0.2, 0.25) is 17.7 Å². The third-order valence-corrected chi connectivity index (χ3v) is 5.06. The second-order valence-electron chi connectivity index (χ2n) is 8.19. The maximum atomic E-state index is 12.1. The predicted molar refractivity (Wildman–Crippen MR) is 111 cm³/mol. The van der Waals surface area contributed by atoms with E-state index in [-0.39, 0.29) is 48.6 Å². The number of aryl methyl sites for hydroxylation is 1. The fraction of sp³-hybridized carbons (Fsp3) is 0.619. The molecule has 1 fully saturated rings. The molecule has 9 nitrogen and oxygen atoms in total. The number of rotatable bonds is 7. The molecule has 1 N–H and O–H groups in total. The van der Waals surface area contributed by atoms with Crippen molar-refractivity contribution in [2.75, 3.05) is 19.0 Å². The normalized spacial score (nSPS) is 18.9. The number of amides is 1. The lowest BCUT2D eigenvalue weighted by Crippen LogP contribution is -2.22. The number of hydrogen-bond donors (Lipinski definition) is 1. The summed E-state index contributed by atoms with van der Waals surface area (Å²) < 4.78 is 18.8. The summed E-state index contributed by atoms with van der Waals surface area (Å²) in [6, 6.07) is 0. The molecule has 0 aromatic carbocycles. The number of ether oxygens (including phenoxy) is 3. The SMILES string of the molecule is COc1nc(NC(=O)C(C)C)nc2c1c(C)cn2C1CCC(COC(=O)C(C)C)O1. The molecular formula is C21H30N4O5. The van der Waals surface area contributed by atoms with Gasteiger partial charge in [-0.15, -0.1) is 0 Å². The van der Waals surface area contributed by atoms with Gasteiger partial charge < -0.3 is 18.8 Å². The molecule has 0 spiro atoms. The highest BCUT2D eigenvalue weighted by Gasteiger charge is 2.30. The second kappa shape index (κ2) is 8.99. The molecule has 3 heterocycles. The Morgan fingerprint density at radius 1 is 1.23 bits per heavy atom. The molecule has 2 unspecified atom stereocenters. The maximum Gasteiger partial charge on any atom is 0.308 e. The molecule has 0 saturated carbocycles. The molecule has 9 heteroatoms. The van der Waals surface area contributed by atoms with Gasteiger partial charge in [-0.05, 0) is 25.3 Å². The zero-order valence-electron chi connectivity index (χ0n) is 18.4. The Hall–Kier alpha value is -2.68. The lowest BCUT2D eigenvalue weighted by Gasteiger charge is -2.17. The summed E-state index contributed by atoms with van der Waals surface area (Å²) in [5.74, 6) is -0.172. The van der Waals surface area contributed by atoms with E-state index in [1.165, 1.54) is 7.11 Å². The van der Waals surface area contributed by atoms with E-state index >= 15 is 0 Å². The van der Waals surface area contributed by atoms with Gasteiger partial charge in [0.15, 0.2) is 5.65 Å². The number of nitrogens with zero attached hydrogens (tertiary/aromatic N) is 3. The third-order valence-electron chi connectivity index (χ3n) is 5.06. The van der Waals surface area contributed by atoms with Crippen LogP contribution in [0.5, 0.6) is 5.88 Å². The summed E-state index contributed by atoms with van der Waals surface area (Å²) in [5, 5.41) is 3.51. The molecule has 1 saturated heterocycles. The number of hydrogen-bond acceptors (Lipinski definition) is 7. The highest BCUT2D eigenvalue weighted by Crippen LogP contribution is 2.36. The van der Waals surface area contributed by atoms with E-state index in [1.807, 2.05) is 17.7 Å². The number of esters is 1. The number of aromatic nitrogens is 3. The van der Waals surface area contributed by atoms with Gasteiger partial charge in [0, 0.05) is 12.1 Å². The van der Waals surface area contributed by atoms with Gasteiger partial charge in [-0.25, -0.2) is 0 Å². The fourth-order valence-electron chi connectivity index (χ4n) is 3.33. The van der Waals surface area contributed by atoms with E-state index in [1.54, 1.807) is 27.7 Å². The first-order chi connectivity index (χ1) is 14.2. The molecule has 3 rings (SSSR count). The summed E-state index contributed by atoms with van der Waals surface area (Å²) >= 11 is 0. The largest absolute Gasteiger partial charge is 0.480 e. The van der Waals surface area contributed by atoms with Crippen LogP contribution in [0.15, 0.2) is 6.20 Å². The molecule has 30 heavy (non-hydrogen) atoms. The van der Waals surface area contributed by atoms with Crippen LogP contribution in [0.1, 0.15) is 52.3 Å². The van der Waals surface area contributed by atoms with Gasteiger partial charge in [-0.1, -0.05) is 27.7 Å². The Kier molecular flexibility index (Phi) is 6.60. The maximum absolute atomic E-state index is 12.1. The lowest BCUT2D eigenvalue weighted by molar-refractivity contribution is -0.152. The monoisotopic (exact) mass is 418 g/mol. The number of carbonyl (C=O) groups excluding carboxylic acids is 2. The van der Waals surface area contributed by atoms with E-state index in [0.29, 0.717) is 11.5 Å². The predicted octanol–water partition coefficient (Wildman–Crippen LogP) is 3.22. The van der Waals surface area contributed by atoms with Gasteiger partial charge in [0.05, 0.1) is 24.5 Å². The Morgan fingerprint density at radius 2 is 1.97 bits per heavy atom. The number of fused-ring (bicyclic) bond motifs is 1. The van der Waals surface area contributed by atoms with Crippen molar-refractivity contribution in [3.05, 3.63) is 11.8 Å². The van der Waals surface area contributed by atoms with Crippen LogP contribution >= 0.6 is 0 Å². The van der Waals surface area contributed by atoms with Crippen LogP contribution < -0.4 is 10.1 Å². The zero-order valence-corrected chi connectivity index (χ0v) is 18.4. The standard InChI is InChI=1S/C21H30N4O5/c1-11(2)18(26)23-21-22-17-16(19(24-21)28-6)13(5)9-25(17)15-8-7-14(30-15)10-29-20(27)12(3)4/h9,11-12,14-15H,7-8,10H2,1-6H3,(H,22,23,24,26). The van der Waals surface area contributed by atoms with Crippen molar-refractivity contribution < 1.29 is 23.8 Å². The van der Waals surface area contributed by atoms with Gasteiger partial charge in [0.1, 0.15) is 12.8 Å². The summed E-state index contributed by atoms with van der Waals surface area (Å²) in [6.07, 6.45) is 3.06. The Bertz CT molecular complexity index is 937. The molecule has 0 aliphatic carbocycles. The average molecular weight is 418 g/mol. The highest BCUT2D eigenvalue weighted by molar-refractivity contribution is 5.92. The molecule has 2 aromatic heterocycles. The summed E-state index contributed by atoms with van der Waals surface area (Å²) in [6.45, 7) is 9.40. The van der Waals surface area contributed by atoms with Crippen LogP contribution in [0.4, 0.5) is 5.95 Å². The minimum absolute atomic E-state index is 0.165. The molecule has 2 atom stereocenters. The fourth-order valence-corrected chi connectivity index (χ4v) is 3.33. The summed E-state index contributed by atoms with van der Waals surface area (Å²) in [5.41, 5.74) is 1.57. The Morgan fingerprint density at radius 3 is 2.60 bits per heavy atom. The lowest BCUT2D eigenvalue weighted by atomic mass is 10.2. The van der Waals surface area contributed by atoms with Crippen molar-refractivity contribution in [3.8, 4) is 5.88 Å². The van der Waals surface area contributed by atoms with Crippen LogP contribution in [0.2, 0.25) is 0 Å². The number of methoxy groups -OCH3 is 1. The van der Waals surface area contributed by atoms with Crippen molar-refractivity contribution in [3.63, 3.8) is 0 Å². The zero-order chi connectivity index (χ0) is 22.0. The van der Waals surface area contributed by atoms with E-state index in [2.05, 4.69) is 15.3 Å². The Labute approximate surface area is 176 Å². The quantitative estimate of drug-likeness (QED) is 0.688. The van der Waals surface area contributed by atoms with E-state index < -0.39 is 0 Å². The average Bonchev–Trinajstić information content (AvgIpc) is 3.29. The topological polar surface area (TPSA) is 105 Å².